The van der Waals surface area contributed by atoms with E-state index in [0.717, 1.165) is 11.1 Å². The lowest BCUT2D eigenvalue weighted by Gasteiger charge is -2.26. The van der Waals surface area contributed by atoms with Gasteiger partial charge in [-0.3, -0.25) is 0 Å². The molecule has 0 saturated heterocycles. The van der Waals surface area contributed by atoms with E-state index in [9.17, 15) is 14.6 Å². The maximum atomic E-state index is 12.3. The van der Waals surface area contributed by atoms with Crippen LogP contribution in [0.15, 0.2) is 48.5 Å². The number of rotatable bonds is 10. The molecule has 3 N–H and O–H groups in total. The van der Waals surface area contributed by atoms with E-state index in [-0.39, 0.29) is 52.2 Å². The molecule has 0 aromatic heterocycles. The first kappa shape index (κ1) is 27.5. The van der Waals surface area contributed by atoms with Gasteiger partial charge in [-0.25, -0.2) is 4.39 Å². The first-order valence-corrected chi connectivity index (χ1v) is 8.86. The molecule has 2 rings (SSSR count). The van der Waals surface area contributed by atoms with Gasteiger partial charge in [-0.15, -0.1) is 0 Å². The summed E-state index contributed by atoms with van der Waals surface area (Å²) in [6, 6.07) is 15.1. The number of alkyl halides is 1. The summed E-state index contributed by atoms with van der Waals surface area (Å²) in [7, 11) is 0. The molecule has 0 saturated carbocycles. The Bertz CT molecular complexity index is 636. The summed E-state index contributed by atoms with van der Waals surface area (Å²) in [6.07, 6.45) is -2.01. The molecule has 0 amide bonds. The fourth-order valence-corrected chi connectivity index (χ4v) is 2.58. The van der Waals surface area contributed by atoms with Crippen molar-refractivity contribution in [2.24, 2.45) is 0 Å². The molecule has 2 aromatic carbocycles. The van der Waals surface area contributed by atoms with Crippen LogP contribution in [-0.4, -0.2) is 54.0 Å². The third-order valence-corrected chi connectivity index (χ3v) is 4.43. The van der Waals surface area contributed by atoms with E-state index in [1.54, 1.807) is 12.1 Å². The van der Waals surface area contributed by atoms with Crippen molar-refractivity contribution in [2.75, 3.05) is 26.5 Å². The second-order valence-corrected chi connectivity index (χ2v) is 6.94. The lowest BCUT2D eigenvalue weighted by molar-refractivity contribution is 0.0536. The van der Waals surface area contributed by atoms with Crippen LogP contribution in [0.5, 0.6) is 11.5 Å². The maximum absolute atomic E-state index is 12.3. The van der Waals surface area contributed by atoms with Crippen LogP contribution in [0.2, 0.25) is 0 Å². The van der Waals surface area contributed by atoms with E-state index < -0.39 is 18.9 Å². The second-order valence-electron chi connectivity index (χ2n) is 6.94. The van der Waals surface area contributed by atoms with Crippen molar-refractivity contribution in [3.05, 3.63) is 59.7 Å². The topological polar surface area (TPSA) is 79.2 Å². The van der Waals surface area contributed by atoms with E-state index in [4.69, 9.17) is 14.6 Å². The Hall–Kier alpha value is -1.45. The van der Waals surface area contributed by atoms with Crippen LogP contribution in [0.1, 0.15) is 25.0 Å². The van der Waals surface area contributed by atoms with Crippen molar-refractivity contribution in [3.63, 3.8) is 0 Å². The van der Waals surface area contributed by atoms with Gasteiger partial charge in [0.05, 0.1) is 6.61 Å². The summed E-state index contributed by atoms with van der Waals surface area (Å²) in [5.41, 5.74) is 1.89. The minimum absolute atomic E-state index is 0. The summed E-state index contributed by atoms with van der Waals surface area (Å²) in [6.45, 7) is 2.99. The van der Waals surface area contributed by atoms with E-state index in [1.165, 1.54) is 0 Å². The molecule has 8 heteroatoms. The predicted molar refractivity (Wildman–Crippen MR) is 122 cm³/mol. The van der Waals surface area contributed by atoms with Gasteiger partial charge in [0.1, 0.15) is 43.6 Å². The number of ether oxygens (including phenoxy) is 2. The molecule has 0 heterocycles. The molecular formula is C21H31FO5S2. The van der Waals surface area contributed by atoms with Crippen molar-refractivity contribution in [2.45, 2.75) is 31.5 Å². The van der Waals surface area contributed by atoms with Crippen LogP contribution in [0.25, 0.3) is 0 Å². The zero-order valence-electron chi connectivity index (χ0n) is 16.6. The molecule has 2 atom stereocenters. The Kier molecular flexibility index (Phi) is 12.3. The van der Waals surface area contributed by atoms with Gasteiger partial charge in [0.15, 0.2) is 0 Å². The van der Waals surface area contributed by atoms with Gasteiger partial charge in [-0.2, -0.15) is 27.0 Å². The average molecular weight is 447 g/mol. The first-order chi connectivity index (χ1) is 12.9. The molecule has 2 unspecified atom stereocenters. The lowest BCUT2D eigenvalue weighted by Crippen LogP contribution is -2.21. The number of aliphatic hydroxyl groups is 3. The summed E-state index contributed by atoms with van der Waals surface area (Å²) in [5, 5.41) is 27.4. The van der Waals surface area contributed by atoms with Crippen LogP contribution in [0.3, 0.4) is 0 Å². The van der Waals surface area contributed by atoms with Gasteiger partial charge in [0.2, 0.25) is 0 Å². The number of benzene rings is 2. The Morgan fingerprint density at radius 1 is 0.793 bits per heavy atom. The van der Waals surface area contributed by atoms with Crippen molar-refractivity contribution >= 4 is 27.0 Å². The van der Waals surface area contributed by atoms with Crippen molar-refractivity contribution in [1.29, 1.82) is 0 Å². The largest absolute Gasteiger partial charge is 0.491 e. The van der Waals surface area contributed by atoms with E-state index in [1.807, 2.05) is 36.4 Å². The average Bonchev–Trinajstić information content (AvgIpc) is 2.70. The summed E-state index contributed by atoms with van der Waals surface area (Å²) < 4.78 is 23.1. The highest BCUT2D eigenvalue weighted by Crippen LogP contribution is 2.33. The van der Waals surface area contributed by atoms with Gasteiger partial charge in [0, 0.05) is 5.41 Å². The van der Waals surface area contributed by atoms with Gasteiger partial charge in [0.25, 0.3) is 0 Å². The zero-order valence-corrected chi connectivity index (χ0v) is 18.6. The third kappa shape index (κ3) is 8.06. The highest BCUT2D eigenvalue weighted by atomic mass is 32.1. The fourth-order valence-electron chi connectivity index (χ4n) is 2.58. The van der Waals surface area contributed by atoms with Crippen molar-refractivity contribution in [3.8, 4) is 11.5 Å². The molecule has 2 aromatic rings. The van der Waals surface area contributed by atoms with E-state index in [2.05, 4.69) is 13.8 Å². The number of hydrogen-bond donors (Lipinski definition) is 3. The van der Waals surface area contributed by atoms with Crippen LogP contribution in [-0.2, 0) is 5.41 Å². The quantitative estimate of drug-likeness (QED) is 0.523. The summed E-state index contributed by atoms with van der Waals surface area (Å²) in [4.78, 5) is 0. The van der Waals surface area contributed by atoms with Gasteiger partial charge < -0.3 is 24.8 Å². The Morgan fingerprint density at radius 2 is 1.17 bits per heavy atom. The molecule has 0 radical (unpaired) electrons. The van der Waals surface area contributed by atoms with Gasteiger partial charge in [-0.05, 0) is 35.4 Å². The van der Waals surface area contributed by atoms with Crippen molar-refractivity contribution in [1.82, 2.24) is 0 Å². The molecular weight excluding hydrogens is 415 g/mol. The Morgan fingerprint density at radius 3 is 1.52 bits per heavy atom. The third-order valence-electron chi connectivity index (χ3n) is 4.43. The standard InChI is InChI=1S/C21H27FO5.2H2S/c1-21(2,15-3-7-19(8-4-15)26-13-17(24)11-22)16-5-9-20(10-6-16)27-14-18(25)12-23;;/h3-10,17-18,23-25H,11-14H2,1-2H3;2*1H2. The van der Waals surface area contributed by atoms with Crippen LogP contribution >= 0.6 is 27.0 Å². The Labute approximate surface area is 185 Å². The highest BCUT2D eigenvalue weighted by molar-refractivity contribution is 7.59. The molecule has 29 heavy (non-hydrogen) atoms. The minimum atomic E-state index is -1.11. The molecule has 0 spiro atoms. The fraction of sp³-hybridized carbons (Fsp3) is 0.429. The van der Waals surface area contributed by atoms with E-state index in [0.29, 0.717) is 11.5 Å². The summed E-state index contributed by atoms with van der Waals surface area (Å²) in [5.74, 6) is 1.20. The highest BCUT2D eigenvalue weighted by Gasteiger charge is 2.23. The molecule has 5 nitrogen and oxygen atoms in total. The van der Waals surface area contributed by atoms with Crippen molar-refractivity contribution < 1.29 is 29.2 Å². The molecule has 0 fully saturated rings. The van der Waals surface area contributed by atoms with Gasteiger partial charge in [-0.1, -0.05) is 38.1 Å². The number of hydrogen-bond acceptors (Lipinski definition) is 5. The van der Waals surface area contributed by atoms with Crippen LogP contribution in [0.4, 0.5) is 4.39 Å². The van der Waals surface area contributed by atoms with E-state index >= 15 is 0 Å². The van der Waals surface area contributed by atoms with Crippen LogP contribution in [0, 0.1) is 0 Å². The smallest absolute Gasteiger partial charge is 0.119 e. The SMILES string of the molecule is CC(C)(c1ccc(OCC(O)CO)cc1)c1ccc(OCC(O)CF)cc1.S.S. The first-order valence-electron chi connectivity index (χ1n) is 8.86. The Balaban J connectivity index is 0.00000392. The second kappa shape index (κ2) is 13.0. The van der Waals surface area contributed by atoms with Gasteiger partial charge >= 0.3 is 0 Å². The molecule has 0 aliphatic heterocycles. The number of halogens is 1. The molecule has 164 valence electrons. The van der Waals surface area contributed by atoms with Crippen LogP contribution < -0.4 is 9.47 Å². The zero-order chi connectivity index (χ0) is 19.9. The normalized spacial score (nSPS) is 12.9. The summed E-state index contributed by atoms with van der Waals surface area (Å²) >= 11 is 0. The number of aliphatic hydroxyl groups excluding tert-OH is 3. The molecule has 0 bridgehead atoms. The molecule has 0 aliphatic rings. The lowest BCUT2D eigenvalue weighted by atomic mass is 9.78. The minimum Gasteiger partial charge on any atom is -0.491 e. The monoisotopic (exact) mass is 446 g/mol. The maximum Gasteiger partial charge on any atom is 0.119 e. The molecule has 0 aliphatic carbocycles. The predicted octanol–water partition coefficient (Wildman–Crippen LogP) is 2.68.